The van der Waals surface area contributed by atoms with Crippen LogP contribution in [0.15, 0.2) is 18.2 Å². The van der Waals surface area contributed by atoms with Gasteiger partial charge in [0.15, 0.2) is 0 Å². The van der Waals surface area contributed by atoms with E-state index in [0.29, 0.717) is 0 Å². The molecule has 2 nitrogen and oxygen atoms in total. The first-order valence-corrected chi connectivity index (χ1v) is 8.77. The maximum atomic E-state index is 6.08. The van der Waals surface area contributed by atoms with E-state index in [0.717, 1.165) is 48.9 Å². The number of rotatable bonds is 12. The monoisotopic (exact) mass is 311 g/mol. The normalized spacial score (nSPS) is 10.8. The van der Waals surface area contributed by atoms with E-state index >= 15 is 0 Å². The molecule has 1 rings (SSSR count). The van der Waals surface area contributed by atoms with E-state index in [1.54, 1.807) is 0 Å². The summed E-state index contributed by atoms with van der Waals surface area (Å²) in [7, 11) is 0. The lowest BCUT2D eigenvalue weighted by Gasteiger charge is -2.12. The first-order valence-electron chi connectivity index (χ1n) is 8.39. The van der Waals surface area contributed by atoms with Gasteiger partial charge in [-0.3, -0.25) is 0 Å². The van der Waals surface area contributed by atoms with Crippen molar-refractivity contribution < 1.29 is 4.74 Å². The minimum absolute atomic E-state index is 0.773. The van der Waals surface area contributed by atoms with Gasteiger partial charge in [-0.2, -0.15) is 0 Å². The lowest BCUT2D eigenvalue weighted by molar-refractivity contribution is 0.300. The Morgan fingerprint density at radius 3 is 2.52 bits per heavy atom. The van der Waals surface area contributed by atoms with Crippen LogP contribution in [0.2, 0.25) is 5.02 Å². The zero-order valence-electron chi connectivity index (χ0n) is 13.6. The van der Waals surface area contributed by atoms with Crippen LogP contribution in [0.1, 0.15) is 64.4 Å². The summed E-state index contributed by atoms with van der Waals surface area (Å²) < 4.78 is 5.93. The molecule has 0 aliphatic rings. The molecule has 0 atom stereocenters. The Hall–Kier alpha value is -0.730. The molecule has 120 valence electrons. The smallest absolute Gasteiger partial charge is 0.123 e. The van der Waals surface area contributed by atoms with Crippen LogP contribution in [0.3, 0.4) is 0 Å². The standard InChI is InChI=1S/C18H30ClNO/c1-3-5-6-7-8-9-13-21-18-11-10-17(19)14-16(18)15-20-12-4-2/h10-11,14,20H,3-9,12-13,15H2,1-2H3. The van der Waals surface area contributed by atoms with E-state index in [4.69, 9.17) is 16.3 Å². The minimum Gasteiger partial charge on any atom is -0.493 e. The van der Waals surface area contributed by atoms with Gasteiger partial charge in [0.05, 0.1) is 6.61 Å². The Morgan fingerprint density at radius 2 is 1.76 bits per heavy atom. The van der Waals surface area contributed by atoms with Crippen LogP contribution in [-0.4, -0.2) is 13.2 Å². The lowest BCUT2D eigenvalue weighted by atomic mass is 10.1. The van der Waals surface area contributed by atoms with Crippen LogP contribution in [0, 0.1) is 0 Å². The quantitative estimate of drug-likeness (QED) is 0.509. The topological polar surface area (TPSA) is 21.3 Å². The summed E-state index contributed by atoms with van der Waals surface area (Å²) in [4.78, 5) is 0. The maximum absolute atomic E-state index is 6.08. The Kier molecular flexibility index (Phi) is 10.4. The van der Waals surface area contributed by atoms with E-state index in [1.807, 2.05) is 18.2 Å². The van der Waals surface area contributed by atoms with Gasteiger partial charge >= 0.3 is 0 Å². The zero-order chi connectivity index (χ0) is 15.3. The number of hydrogen-bond donors (Lipinski definition) is 1. The zero-order valence-corrected chi connectivity index (χ0v) is 14.3. The van der Waals surface area contributed by atoms with E-state index in [2.05, 4.69) is 19.2 Å². The van der Waals surface area contributed by atoms with Crippen molar-refractivity contribution in [1.29, 1.82) is 0 Å². The molecule has 0 aromatic heterocycles. The summed E-state index contributed by atoms with van der Waals surface area (Å²) in [6.07, 6.45) is 8.85. The van der Waals surface area contributed by atoms with E-state index < -0.39 is 0 Å². The summed E-state index contributed by atoms with van der Waals surface area (Å²) in [5.41, 5.74) is 1.15. The van der Waals surface area contributed by atoms with E-state index in [9.17, 15) is 0 Å². The van der Waals surface area contributed by atoms with E-state index in [-0.39, 0.29) is 0 Å². The fourth-order valence-corrected chi connectivity index (χ4v) is 2.49. The molecule has 0 spiro atoms. The molecule has 0 aliphatic heterocycles. The Morgan fingerprint density at radius 1 is 1.00 bits per heavy atom. The predicted molar refractivity (Wildman–Crippen MR) is 92.3 cm³/mol. The van der Waals surface area contributed by atoms with Crippen LogP contribution in [0.5, 0.6) is 5.75 Å². The molecule has 0 bridgehead atoms. The average molecular weight is 312 g/mol. The van der Waals surface area contributed by atoms with Gasteiger partial charge < -0.3 is 10.1 Å². The molecule has 0 saturated heterocycles. The summed E-state index contributed by atoms with van der Waals surface area (Å²) in [6, 6.07) is 5.89. The molecule has 0 amide bonds. The van der Waals surface area contributed by atoms with Gasteiger partial charge in [-0.25, -0.2) is 0 Å². The van der Waals surface area contributed by atoms with Gasteiger partial charge in [0.2, 0.25) is 0 Å². The van der Waals surface area contributed by atoms with Crippen LogP contribution < -0.4 is 10.1 Å². The highest BCUT2D eigenvalue weighted by atomic mass is 35.5. The highest BCUT2D eigenvalue weighted by molar-refractivity contribution is 6.30. The van der Waals surface area contributed by atoms with Gasteiger partial charge in [0, 0.05) is 17.1 Å². The van der Waals surface area contributed by atoms with E-state index in [1.165, 1.54) is 32.1 Å². The van der Waals surface area contributed by atoms with Crippen molar-refractivity contribution >= 4 is 11.6 Å². The largest absolute Gasteiger partial charge is 0.493 e. The number of unbranched alkanes of at least 4 members (excludes halogenated alkanes) is 5. The van der Waals surface area contributed by atoms with Crippen molar-refractivity contribution in [1.82, 2.24) is 5.32 Å². The number of ether oxygens (including phenoxy) is 1. The average Bonchev–Trinajstić information content (AvgIpc) is 2.48. The van der Waals surface area contributed by atoms with Gasteiger partial charge in [0.1, 0.15) is 5.75 Å². The van der Waals surface area contributed by atoms with Crippen molar-refractivity contribution in [3.05, 3.63) is 28.8 Å². The van der Waals surface area contributed by atoms with Gasteiger partial charge in [-0.15, -0.1) is 0 Å². The van der Waals surface area contributed by atoms with Crippen molar-refractivity contribution in [3.63, 3.8) is 0 Å². The number of hydrogen-bond acceptors (Lipinski definition) is 2. The second-order valence-electron chi connectivity index (χ2n) is 5.55. The summed E-state index contributed by atoms with van der Waals surface area (Å²) in [5.74, 6) is 0.969. The van der Waals surface area contributed by atoms with Crippen molar-refractivity contribution in [2.24, 2.45) is 0 Å². The Balaban J connectivity index is 2.32. The molecule has 0 unspecified atom stereocenters. The van der Waals surface area contributed by atoms with Crippen LogP contribution >= 0.6 is 11.6 Å². The minimum atomic E-state index is 0.773. The third-order valence-corrected chi connectivity index (χ3v) is 3.76. The number of nitrogens with one attached hydrogen (secondary N) is 1. The molecule has 0 aliphatic carbocycles. The lowest BCUT2D eigenvalue weighted by Crippen LogP contribution is -2.14. The van der Waals surface area contributed by atoms with Crippen molar-refractivity contribution in [3.8, 4) is 5.75 Å². The third kappa shape index (κ3) is 8.33. The van der Waals surface area contributed by atoms with Gasteiger partial charge in [-0.1, -0.05) is 57.6 Å². The maximum Gasteiger partial charge on any atom is 0.123 e. The summed E-state index contributed by atoms with van der Waals surface area (Å²) >= 11 is 6.08. The van der Waals surface area contributed by atoms with Crippen molar-refractivity contribution in [2.75, 3.05) is 13.2 Å². The van der Waals surface area contributed by atoms with Crippen molar-refractivity contribution in [2.45, 2.75) is 65.3 Å². The molecule has 0 saturated carbocycles. The molecule has 21 heavy (non-hydrogen) atoms. The Labute approximate surface area is 135 Å². The SMILES string of the molecule is CCCCCCCCOc1ccc(Cl)cc1CNCCC. The molecule has 3 heteroatoms. The highest BCUT2D eigenvalue weighted by Gasteiger charge is 2.04. The summed E-state index contributed by atoms with van der Waals surface area (Å²) in [6.45, 7) is 7.05. The first-order chi connectivity index (χ1) is 10.3. The molecule has 1 N–H and O–H groups in total. The molecule has 1 aromatic carbocycles. The fraction of sp³-hybridized carbons (Fsp3) is 0.667. The molecule has 0 fully saturated rings. The number of benzene rings is 1. The Bertz CT molecular complexity index is 381. The van der Waals surface area contributed by atoms with Crippen LogP contribution in [0.4, 0.5) is 0 Å². The highest BCUT2D eigenvalue weighted by Crippen LogP contribution is 2.23. The molecular weight excluding hydrogens is 282 g/mol. The molecule has 0 radical (unpaired) electrons. The molecule has 1 aromatic rings. The molecule has 0 heterocycles. The summed E-state index contributed by atoms with van der Waals surface area (Å²) in [5, 5.41) is 4.18. The first kappa shape index (κ1) is 18.3. The third-order valence-electron chi connectivity index (χ3n) is 3.52. The second-order valence-corrected chi connectivity index (χ2v) is 5.98. The second kappa shape index (κ2) is 11.9. The fourth-order valence-electron chi connectivity index (χ4n) is 2.29. The molecular formula is C18H30ClNO. The predicted octanol–water partition coefficient (Wildman–Crippen LogP) is 5.58. The van der Waals surface area contributed by atoms with Crippen LogP contribution in [-0.2, 0) is 6.54 Å². The van der Waals surface area contributed by atoms with Gasteiger partial charge in [0.25, 0.3) is 0 Å². The van der Waals surface area contributed by atoms with Crippen LogP contribution in [0.25, 0.3) is 0 Å². The van der Waals surface area contributed by atoms with Gasteiger partial charge in [-0.05, 0) is 37.6 Å². The number of halogens is 1.